The van der Waals surface area contributed by atoms with Gasteiger partial charge in [0, 0.05) is 11.3 Å². The van der Waals surface area contributed by atoms with Crippen LogP contribution in [-0.2, 0) is 6.42 Å². The maximum absolute atomic E-state index is 5.46. The number of nitrogens with zero attached hydrogens (tertiary/aromatic N) is 2. The fourth-order valence-corrected chi connectivity index (χ4v) is 1.89. The summed E-state index contributed by atoms with van der Waals surface area (Å²) in [7, 11) is 0. The molecule has 2 aromatic heterocycles. The number of hydrazine groups is 1. The van der Waals surface area contributed by atoms with Crippen molar-refractivity contribution in [1.29, 1.82) is 0 Å². The van der Waals surface area contributed by atoms with E-state index in [4.69, 9.17) is 10.6 Å². The molecule has 0 spiro atoms. The molecule has 0 saturated carbocycles. The van der Waals surface area contributed by atoms with E-state index in [2.05, 4.69) is 21.5 Å². The molecule has 5 nitrogen and oxygen atoms in total. The Morgan fingerprint density at radius 1 is 1.44 bits per heavy atom. The first-order valence-corrected chi connectivity index (χ1v) is 5.70. The molecule has 2 aromatic rings. The Bertz CT molecular complexity index is 432. The van der Waals surface area contributed by atoms with Gasteiger partial charge in [0.05, 0.1) is 19.0 Å². The first-order chi connectivity index (χ1) is 7.88. The molecule has 2 rings (SSSR count). The molecule has 0 atom stereocenters. The number of rotatable bonds is 5. The van der Waals surface area contributed by atoms with Crippen molar-refractivity contribution in [3.05, 3.63) is 34.8 Å². The average molecular weight is 236 g/mol. The highest BCUT2D eigenvalue weighted by Gasteiger charge is 1.99. The first kappa shape index (κ1) is 10.8. The smallest absolute Gasteiger partial charge is 0.234 e. The molecule has 0 aliphatic carbocycles. The van der Waals surface area contributed by atoms with Crippen LogP contribution in [0.5, 0.6) is 5.88 Å². The number of nitrogen functional groups attached to an aromatic ring is 1. The van der Waals surface area contributed by atoms with E-state index in [0.717, 1.165) is 6.42 Å². The number of nitrogens with two attached hydrogens (primary N) is 1. The molecule has 0 saturated heterocycles. The van der Waals surface area contributed by atoms with Crippen LogP contribution in [0.4, 0.5) is 5.82 Å². The molecule has 0 aromatic carbocycles. The van der Waals surface area contributed by atoms with Gasteiger partial charge in [-0.3, -0.25) is 4.98 Å². The summed E-state index contributed by atoms with van der Waals surface area (Å²) in [6.07, 6.45) is 3.97. The number of hydrogen-bond donors (Lipinski definition) is 2. The highest BCUT2D eigenvalue weighted by Crippen LogP contribution is 2.11. The Hall–Kier alpha value is -1.66. The molecule has 6 heteroatoms. The fourth-order valence-electron chi connectivity index (χ4n) is 1.20. The Morgan fingerprint density at radius 2 is 2.38 bits per heavy atom. The van der Waals surface area contributed by atoms with E-state index in [9.17, 15) is 0 Å². The van der Waals surface area contributed by atoms with E-state index in [1.807, 2.05) is 11.4 Å². The molecule has 3 N–H and O–H groups in total. The largest absolute Gasteiger partial charge is 0.476 e. The average Bonchev–Trinajstić information content (AvgIpc) is 2.82. The Labute approximate surface area is 97.3 Å². The zero-order chi connectivity index (χ0) is 11.2. The van der Waals surface area contributed by atoms with Crippen LogP contribution in [0, 0.1) is 0 Å². The topological polar surface area (TPSA) is 73.1 Å². The molecule has 2 heterocycles. The number of thiophene rings is 1. The van der Waals surface area contributed by atoms with Crippen LogP contribution >= 0.6 is 11.3 Å². The lowest BCUT2D eigenvalue weighted by molar-refractivity contribution is 0.309. The van der Waals surface area contributed by atoms with Gasteiger partial charge in [-0.1, -0.05) is 6.07 Å². The summed E-state index contributed by atoms with van der Waals surface area (Å²) < 4.78 is 5.46. The Morgan fingerprint density at radius 3 is 3.12 bits per heavy atom. The van der Waals surface area contributed by atoms with Gasteiger partial charge in [0.25, 0.3) is 0 Å². The van der Waals surface area contributed by atoms with Gasteiger partial charge in [-0.25, -0.2) is 5.84 Å². The van der Waals surface area contributed by atoms with Crippen LogP contribution in [0.25, 0.3) is 0 Å². The predicted molar refractivity (Wildman–Crippen MR) is 63.4 cm³/mol. The van der Waals surface area contributed by atoms with Crippen molar-refractivity contribution in [1.82, 2.24) is 9.97 Å². The highest BCUT2D eigenvalue weighted by atomic mass is 32.1. The summed E-state index contributed by atoms with van der Waals surface area (Å²) in [6.45, 7) is 0.587. The van der Waals surface area contributed by atoms with Gasteiger partial charge in [-0.2, -0.15) is 4.98 Å². The van der Waals surface area contributed by atoms with Crippen LogP contribution in [0.3, 0.4) is 0 Å². The molecular weight excluding hydrogens is 224 g/mol. The van der Waals surface area contributed by atoms with E-state index in [0.29, 0.717) is 18.3 Å². The van der Waals surface area contributed by atoms with Crippen molar-refractivity contribution in [3.8, 4) is 5.88 Å². The summed E-state index contributed by atoms with van der Waals surface area (Å²) >= 11 is 1.72. The van der Waals surface area contributed by atoms with E-state index < -0.39 is 0 Å². The van der Waals surface area contributed by atoms with Gasteiger partial charge in [0.2, 0.25) is 5.88 Å². The van der Waals surface area contributed by atoms with E-state index in [1.54, 1.807) is 17.5 Å². The zero-order valence-corrected chi connectivity index (χ0v) is 9.41. The maximum Gasteiger partial charge on any atom is 0.234 e. The van der Waals surface area contributed by atoms with E-state index >= 15 is 0 Å². The zero-order valence-electron chi connectivity index (χ0n) is 8.59. The van der Waals surface area contributed by atoms with Crippen molar-refractivity contribution in [2.24, 2.45) is 5.84 Å². The second-order valence-corrected chi connectivity index (χ2v) is 4.10. The predicted octanol–water partition coefficient (Wildman–Crippen LogP) is 1.45. The van der Waals surface area contributed by atoms with E-state index in [-0.39, 0.29) is 0 Å². The van der Waals surface area contributed by atoms with Crippen molar-refractivity contribution < 1.29 is 4.74 Å². The Balaban J connectivity index is 1.85. The Kier molecular flexibility index (Phi) is 3.68. The molecule has 0 amide bonds. The first-order valence-electron chi connectivity index (χ1n) is 4.82. The van der Waals surface area contributed by atoms with Gasteiger partial charge >= 0.3 is 0 Å². The van der Waals surface area contributed by atoms with Gasteiger partial charge in [0.15, 0.2) is 5.82 Å². The highest BCUT2D eigenvalue weighted by molar-refractivity contribution is 7.09. The second-order valence-electron chi connectivity index (χ2n) is 3.06. The molecule has 0 radical (unpaired) electrons. The maximum atomic E-state index is 5.46. The third-order valence-corrected chi connectivity index (χ3v) is 2.88. The van der Waals surface area contributed by atoms with Crippen LogP contribution in [-0.4, -0.2) is 16.6 Å². The molecule has 0 bridgehead atoms. The summed E-state index contributed by atoms with van der Waals surface area (Å²) in [5, 5.41) is 2.05. The van der Waals surface area contributed by atoms with Crippen molar-refractivity contribution in [3.63, 3.8) is 0 Å². The minimum atomic E-state index is 0.479. The quantitative estimate of drug-likeness (QED) is 0.607. The fraction of sp³-hybridized carbons (Fsp3) is 0.200. The van der Waals surface area contributed by atoms with Gasteiger partial charge in [-0.15, -0.1) is 11.3 Å². The van der Waals surface area contributed by atoms with Crippen molar-refractivity contribution in [2.75, 3.05) is 12.0 Å². The summed E-state index contributed by atoms with van der Waals surface area (Å²) in [5.41, 5.74) is 2.42. The summed E-state index contributed by atoms with van der Waals surface area (Å²) in [4.78, 5) is 9.33. The van der Waals surface area contributed by atoms with Gasteiger partial charge < -0.3 is 10.2 Å². The molecule has 0 aliphatic heterocycles. The summed E-state index contributed by atoms with van der Waals surface area (Å²) in [5.74, 6) is 6.19. The van der Waals surface area contributed by atoms with Gasteiger partial charge in [-0.05, 0) is 11.4 Å². The standard InChI is InChI=1S/C10H12N4OS/c11-14-9-6-12-7-10(13-9)15-4-3-8-2-1-5-16-8/h1-2,5-7H,3-4,11H2,(H,13,14). The third kappa shape index (κ3) is 2.91. The van der Waals surface area contributed by atoms with Crippen LogP contribution in [0.1, 0.15) is 4.88 Å². The molecule has 16 heavy (non-hydrogen) atoms. The normalized spacial score (nSPS) is 10.1. The SMILES string of the molecule is NNc1cncc(OCCc2cccs2)n1. The van der Waals surface area contributed by atoms with Crippen LogP contribution < -0.4 is 16.0 Å². The summed E-state index contributed by atoms with van der Waals surface area (Å²) in [6, 6.07) is 4.11. The lowest BCUT2D eigenvalue weighted by Crippen LogP contribution is -2.10. The lowest BCUT2D eigenvalue weighted by atomic mass is 10.4. The molecule has 0 aliphatic rings. The monoisotopic (exact) mass is 236 g/mol. The van der Waals surface area contributed by atoms with Crippen molar-refractivity contribution in [2.45, 2.75) is 6.42 Å². The molecule has 0 unspecified atom stereocenters. The second kappa shape index (κ2) is 5.43. The molecule has 0 fully saturated rings. The number of hydrogen-bond acceptors (Lipinski definition) is 6. The van der Waals surface area contributed by atoms with Gasteiger partial charge in [0.1, 0.15) is 0 Å². The third-order valence-electron chi connectivity index (χ3n) is 1.94. The minimum absolute atomic E-state index is 0.479. The number of aromatic nitrogens is 2. The van der Waals surface area contributed by atoms with Crippen molar-refractivity contribution >= 4 is 17.2 Å². The number of anilines is 1. The lowest BCUT2D eigenvalue weighted by Gasteiger charge is -2.05. The molecular formula is C10H12N4OS. The van der Waals surface area contributed by atoms with Crippen LogP contribution in [0.15, 0.2) is 29.9 Å². The van der Waals surface area contributed by atoms with Crippen LogP contribution in [0.2, 0.25) is 0 Å². The number of nitrogens with one attached hydrogen (secondary N) is 1. The molecule has 84 valence electrons. The minimum Gasteiger partial charge on any atom is -0.476 e. The number of ether oxygens (including phenoxy) is 1. The van der Waals surface area contributed by atoms with E-state index in [1.165, 1.54) is 11.1 Å².